The molecule has 2 rings (SSSR count). The normalized spacial score (nSPS) is 14.7. The van der Waals surface area contributed by atoms with Gasteiger partial charge in [0, 0.05) is 4.47 Å². The predicted octanol–water partition coefficient (Wildman–Crippen LogP) is 2.70. The van der Waals surface area contributed by atoms with E-state index in [1.807, 2.05) is 25.1 Å². The van der Waals surface area contributed by atoms with E-state index >= 15 is 0 Å². The Bertz CT molecular complexity index is 416. The molecule has 4 heteroatoms. The minimum atomic E-state index is 0.00945. The standard InChI is InChI=1S/C13H17BrN2O/c1-9-2-5-12(11(14)6-9)16-13(17)8-15-7-10-3-4-10/h2,5-6,10,15H,3-4,7-8H2,1H3,(H,16,17). The van der Waals surface area contributed by atoms with Gasteiger partial charge < -0.3 is 10.6 Å². The Labute approximate surface area is 110 Å². The summed E-state index contributed by atoms with van der Waals surface area (Å²) in [4.78, 5) is 11.7. The van der Waals surface area contributed by atoms with Gasteiger partial charge in [-0.05, 0) is 65.9 Å². The second-order valence-electron chi connectivity index (χ2n) is 4.61. The van der Waals surface area contributed by atoms with E-state index in [9.17, 15) is 4.79 Å². The first-order valence-corrected chi connectivity index (χ1v) is 6.71. The first kappa shape index (κ1) is 12.6. The van der Waals surface area contributed by atoms with E-state index in [1.165, 1.54) is 18.4 Å². The number of carbonyl (C=O) groups excluding carboxylic acids is 1. The smallest absolute Gasteiger partial charge is 0.238 e. The topological polar surface area (TPSA) is 41.1 Å². The lowest BCUT2D eigenvalue weighted by atomic mass is 10.2. The lowest BCUT2D eigenvalue weighted by Crippen LogP contribution is -2.29. The molecular formula is C13H17BrN2O. The van der Waals surface area contributed by atoms with Crippen LogP contribution in [0.5, 0.6) is 0 Å². The van der Waals surface area contributed by atoms with Crippen LogP contribution in [-0.2, 0) is 4.79 Å². The maximum Gasteiger partial charge on any atom is 0.238 e. The van der Waals surface area contributed by atoms with Gasteiger partial charge in [-0.3, -0.25) is 4.79 Å². The first-order chi connectivity index (χ1) is 8.15. The zero-order chi connectivity index (χ0) is 12.3. The third kappa shape index (κ3) is 4.13. The van der Waals surface area contributed by atoms with Gasteiger partial charge in [-0.2, -0.15) is 0 Å². The third-order valence-corrected chi connectivity index (χ3v) is 3.47. The number of rotatable bonds is 5. The van der Waals surface area contributed by atoms with Gasteiger partial charge in [-0.25, -0.2) is 0 Å². The molecule has 0 bridgehead atoms. The quantitative estimate of drug-likeness (QED) is 0.877. The van der Waals surface area contributed by atoms with Crippen molar-refractivity contribution in [2.45, 2.75) is 19.8 Å². The molecule has 1 aliphatic rings. The van der Waals surface area contributed by atoms with Crippen LogP contribution in [0.15, 0.2) is 22.7 Å². The summed E-state index contributed by atoms with van der Waals surface area (Å²) in [6.07, 6.45) is 2.61. The van der Waals surface area contributed by atoms with Gasteiger partial charge in [0.15, 0.2) is 0 Å². The van der Waals surface area contributed by atoms with Gasteiger partial charge in [0.05, 0.1) is 12.2 Å². The lowest BCUT2D eigenvalue weighted by Gasteiger charge is -2.08. The van der Waals surface area contributed by atoms with Crippen molar-refractivity contribution in [1.29, 1.82) is 0 Å². The number of benzene rings is 1. The van der Waals surface area contributed by atoms with Gasteiger partial charge >= 0.3 is 0 Å². The molecule has 3 nitrogen and oxygen atoms in total. The van der Waals surface area contributed by atoms with Crippen molar-refractivity contribution in [2.75, 3.05) is 18.4 Å². The van der Waals surface area contributed by atoms with Gasteiger partial charge in [0.25, 0.3) is 0 Å². The number of aryl methyl sites for hydroxylation is 1. The van der Waals surface area contributed by atoms with Crippen LogP contribution in [-0.4, -0.2) is 19.0 Å². The molecule has 0 radical (unpaired) electrons. The molecule has 1 saturated carbocycles. The Morgan fingerprint density at radius 2 is 2.24 bits per heavy atom. The van der Waals surface area contributed by atoms with Gasteiger partial charge in [0.1, 0.15) is 0 Å². The second-order valence-corrected chi connectivity index (χ2v) is 5.46. The van der Waals surface area contributed by atoms with Gasteiger partial charge in [-0.1, -0.05) is 6.07 Å². The van der Waals surface area contributed by atoms with E-state index in [0.717, 1.165) is 22.6 Å². The van der Waals surface area contributed by atoms with Gasteiger partial charge in [-0.15, -0.1) is 0 Å². The number of hydrogen-bond donors (Lipinski definition) is 2. The highest BCUT2D eigenvalue weighted by atomic mass is 79.9. The largest absolute Gasteiger partial charge is 0.324 e. The summed E-state index contributed by atoms with van der Waals surface area (Å²) in [5.74, 6) is 0.809. The average molecular weight is 297 g/mol. The fourth-order valence-electron chi connectivity index (χ4n) is 1.63. The zero-order valence-corrected chi connectivity index (χ0v) is 11.5. The minimum absolute atomic E-state index is 0.00945. The highest BCUT2D eigenvalue weighted by Gasteiger charge is 2.20. The summed E-state index contributed by atoms with van der Waals surface area (Å²) in [6, 6.07) is 5.89. The Morgan fingerprint density at radius 1 is 1.47 bits per heavy atom. The van der Waals surface area contributed by atoms with Crippen LogP contribution in [0.4, 0.5) is 5.69 Å². The number of amides is 1. The predicted molar refractivity (Wildman–Crippen MR) is 73.1 cm³/mol. The molecule has 1 aromatic rings. The highest BCUT2D eigenvalue weighted by Crippen LogP contribution is 2.27. The summed E-state index contributed by atoms with van der Waals surface area (Å²) < 4.78 is 0.924. The summed E-state index contributed by atoms with van der Waals surface area (Å²) in [7, 11) is 0. The van der Waals surface area contributed by atoms with Crippen molar-refractivity contribution in [2.24, 2.45) is 5.92 Å². The number of halogens is 1. The van der Waals surface area contributed by atoms with Crippen LogP contribution in [0.3, 0.4) is 0 Å². The summed E-state index contributed by atoms with van der Waals surface area (Å²) >= 11 is 3.44. The molecule has 0 spiro atoms. The molecule has 0 saturated heterocycles. The van der Waals surface area contributed by atoms with Crippen LogP contribution < -0.4 is 10.6 Å². The molecule has 0 atom stereocenters. The van der Waals surface area contributed by atoms with Crippen molar-refractivity contribution >= 4 is 27.5 Å². The van der Waals surface area contributed by atoms with E-state index in [0.29, 0.717) is 6.54 Å². The van der Waals surface area contributed by atoms with Crippen molar-refractivity contribution in [3.05, 3.63) is 28.2 Å². The second kappa shape index (κ2) is 5.65. The molecule has 1 fully saturated rings. The Balaban J connectivity index is 1.79. The van der Waals surface area contributed by atoms with Crippen LogP contribution in [0.25, 0.3) is 0 Å². The summed E-state index contributed by atoms with van der Waals surface area (Å²) in [5.41, 5.74) is 2.00. The molecule has 1 amide bonds. The molecular weight excluding hydrogens is 280 g/mol. The molecule has 0 unspecified atom stereocenters. The monoisotopic (exact) mass is 296 g/mol. The molecule has 92 valence electrons. The molecule has 2 N–H and O–H groups in total. The van der Waals surface area contributed by atoms with E-state index in [-0.39, 0.29) is 5.91 Å². The molecule has 1 aromatic carbocycles. The summed E-state index contributed by atoms with van der Waals surface area (Å²) in [6.45, 7) is 3.37. The lowest BCUT2D eigenvalue weighted by molar-refractivity contribution is -0.115. The van der Waals surface area contributed by atoms with E-state index < -0.39 is 0 Å². The SMILES string of the molecule is Cc1ccc(NC(=O)CNCC2CC2)c(Br)c1. The maximum atomic E-state index is 11.7. The van der Waals surface area contributed by atoms with Crippen molar-refractivity contribution in [1.82, 2.24) is 5.32 Å². The van der Waals surface area contributed by atoms with Crippen molar-refractivity contribution in [3.8, 4) is 0 Å². The zero-order valence-electron chi connectivity index (χ0n) is 9.92. The van der Waals surface area contributed by atoms with Gasteiger partial charge in [0.2, 0.25) is 5.91 Å². The molecule has 0 aliphatic heterocycles. The molecule has 1 aliphatic carbocycles. The Kier molecular flexibility index (Phi) is 4.18. The van der Waals surface area contributed by atoms with Crippen LogP contribution >= 0.6 is 15.9 Å². The van der Waals surface area contributed by atoms with Crippen molar-refractivity contribution < 1.29 is 4.79 Å². The van der Waals surface area contributed by atoms with Crippen LogP contribution in [0.2, 0.25) is 0 Å². The molecule has 0 aromatic heterocycles. The van der Waals surface area contributed by atoms with E-state index in [2.05, 4.69) is 26.6 Å². The van der Waals surface area contributed by atoms with E-state index in [4.69, 9.17) is 0 Å². The van der Waals surface area contributed by atoms with Crippen molar-refractivity contribution in [3.63, 3.8) is 0 Å². The fraction of sp³-hybridized carbons (Fsp3) is 0.462. The van der Waals surface area contributed by atoms with Crippen LogP contribution in [0.1, 0.15) is 18.4 Å². The fourth-order valence-corrected chi connectivity index (χ4v) is 2.22. The highest BCUT2D eigenvalue weighted by molar-refractivity contribution is 9.10. The first-order valence-electron chi connectivity index (χ1n) is 5.92. The van der Waals surface area contributed by atoms with E-state index in [1.54, 1.807) is 0 Å². The summed E-state index contributed by atoms with van der Waals surface area (Å²) in [5, 5.41) is 6.05. The maximum absolute atomic E-state index is 11.7. The number of carbonyl (C=O) groups is 1. The van der Waals surface area contributed by atoms with Crippen LogP contribution in [0, 0.1) is 12.8 Å². The third-order valence-electron chi connectivity index (χ3n) is 2.81. The average Bonchev–Trinajstić information content (AvgIpc) is 3.06. The molecule has 0 heterocycles. The number of nitrogens with one attached hydrogen (secondary N) is 2. The molecule has 17 heavy (non-hydrogen) atoms. The Morgan fingerprint density at radius 3 is 2.88 bits per heavy atom. The minimum Gasteiger partial charge on any atom is -0.324 e. The number of anilines is 1. The Hall–Kier alpha value is -0.870. The number of hydrogen-bond acceptors (Lipinski definition) is 2.